The molecule has 0 bridgehead atoms. The minimum atomic E-state index is -5.08. The number of carboxylic acid groups (broad SMARTS) is 1. The molecule has 8 nitrogen and oxygen atoms in total. The van der Waals surface area contributed by atoms with Crippen molar-refractivity contribution in [1.82, 2.24) is 15.0 Å². The fourth-order valence-corrected chi connectivity index (χ4v) is 2.30. The predicted octanol–water partition coefficient (Wildman–Crippen LogP) is 3.82. The number of nitrogens with zero attached hydrogens (tertiary/aromatic N) is 3. The summed E-state index contributed by atoms with van der Waals surface area (Å²) in [5.41, 5.74) is 1.75. The molecular weight excluding hydrogens is 436 g/mol. The second-order valence-electron chi connectivity index (χ2n) is 6.43. The number of amides is 1. The number of carbonyl (C=O) groups excluding carboxylic acids is 1. The first-order valence-corrected chi connectivity index (χ1v) is 8.92. The van der Waals surface area contributed by atoms with Crippen molar-refractivity contribution in [3.05, 3.63) is 65.7 Å². The number of carboxylic acids is 1. The lowest BCUT2D eigenvalue weighted by Gasteiger charge is -2.14. The van der Waals surface area contributed by atoms with E-state index < -0.39 is 12.1 Å². The van der Waals surface area contributed by atoms with Crippen LogP contribution in [0.15, 0.2) is 53.1 Å². The number of halogens is 4. The van der Waals surface area contributed by atoms with E-state index in [4.69, 9.17) is 14.4 Å². The van der Waals surface area contributed by atoms with Crippen molar-refractivity contribution >= 4 is 17.6 Å². The quantitative estimate of drug-likeness (QED) is 0.564. The molecule has 2 aromatic carbocycles. The number of para-hydroxylation sites is 1. The van der Waals surface area contributed by atoms with Crippen LogP contribution in [-0.4, -0.2) is 52.3 Å². The van der Waals surface area contributed by atoms with Crippen LogP contribution in [0, 0.1) is 5.82 Å². The van der Waals surface area contributed by atoms with Crippen molar-refractivity contribution in [1.29, 1.82) is 0 Å². The van der Waals surface area contributed by atoms with E-state index in [1.165, 1.54) is 17.0 Å². The van der Waals surface area contributed by atoms with Crippen LogP contribution >= 0.6 is 0 Å². The smallest absolute Gasteiger partial charge is 0.475 e. The van der Waals surface area contributed by atoms with E-state index in [-0.39, 0.29) is 24.2 Å². The molecule has 0 aliphatic heterocycles. The Balaban J connectivity index is 0.000000451. The van der Waals surface area contributed by atoms with Crippen molar-refractivity contribution in [2.45, 2.75) is 12.7 Å². The van der Waals surface area contributed by atoms with E-state index in [9.17, 15) is 22.4 Å². The number of hydrogen-bond acceptors (Lipinski definition) is 6. The molecule has 1 aromatic heterocycles. The number of aliphatic carboxylic acids is 1. The SMILES string of the molecule is CN(C)C(=O)c1ccccc1NCc1noc(-c2cccc(F)c2)n1.O=C(O)C(F)(F)F. The zero-order valence-electron chi connectivity index (χ0n) is 16.9. The lowest BCUT2D eigenvalue weighted by atomic mass is 10.1. The van der Waals surface area contributed by atoms with Crippen LogP contribution in [0.2, 0.25) is 0 Å². The van der Waals surface area contributed by atoms with Crippen molar-refractivity contribution < 1.29 is 36.8 Å². The molecule has 1 heterocycles. The lowest BCUT2D eigenvalue weighted by Crippen LogP contribution is -2.22. The lowest BCUT2D eigenvalue weighted by molar-refractivity contribution is -0.192. The minimum Gasteiger partial charge on any atom is -0.475 e. The van der Waals surface area contributed by atoms with Gasteiger partial charge in [0.2, 0.25) is 0 Å². The Bertz CT molecular complexity index is 1080. The van der Waals surface area contributed by atoms with Gasteiger partial charge in [0.1, 0.15) is 5.82 Å². The average molecular weight is 454 g/mol. The van der Waals surface area contributed by atoms with Crippen molar-refractivity contribution in [2.75, 3.05) is 19.4 Å². The van der Waals surface area contributed by atoms with Gasteiger partial charge in [-0.05, 0) is 30.3 Å². The number of aromatic nitrogens is 2. The van der Waals surface area contributed by atoms with Gasteiger partial charge in [-0.3, -0.25) is 4.79 Å². The van der Waals surface area contributed by atoms with Crippen LogP contribution in [-0.2, 0) is 11.3 Å². The summed E-state index contributed by atoms with van der Waals surface area (Å²) in [4.78, 5) is 26.8. The first-order valence-electron chi connectivity index (χ1n) is 8.92. The van der Waals surface area contributed by atoms with Gasteiger partial charge in [0.25, 0.3) is 11.8 Å². The minimum absolute atomic E-state index is 0.100. The summed E-state index contributed by atoms with van der Waals surface area (Å²) in [6.07, 6.45) is -5.08. The first kappa shape index (κ1) is 24.3. The zero-order chi connectivity index (χ0) is 23.9. The molecule has 0 saturated heterocycles. The molecule has 32 heavy (non-hydrogen) atoms. The van der Waals surface area contributed by atoms with E-state index in [1.54, 1.807) is 38.4 Å². The van der Waals surface area contributed by atoms with Crippen LogP contribution in [0.5, 0.6) is 0 Å². The molecule has 3 aromatic rings. The predicted molar refractivity (Wildman–Crippen MR) is 105 cm³/mol. The molecular formula is C20H18F4N4O4. The molecule has 2 N–H and O–H groups in total. The third-order valence-electron chi connectivity index (χ3n) is 3.78. The highest BCUT2D eigenvalue weighted by Crippen LogP contribution is 2.20. The topological polar surface area (TPSA) is 109 Å². The van der Waals surface area contributed by atoms with Crippen LogP contribution in [0.25, 0.3) is 11.5 Å². The second-order valence-corrected chi connectivity index (χ2v) is 6.43. The van der Waals surface area contributed by atoms with Gasteiger partial charge in [0.05, 0.1) is 12.1 Å². The Morgan fingerprint density at radius 3 is 2.38 bits per heavy atom. The van der Waals surface area contributed by atoms with Crippen molar-refractivity contribution in [3.63, 3.8) is 0 Å². The summed E-state index contributed by atoms with van der Waals surface area (Å²) in [7, 11) is 3.40. The molecule has 0 spiro atoms. The fraction of sp³-hybridized carbons (Fsp3) is 0.200. The van der Waals surface area contributed by atoms with Gasteiger partial charge in [0.15, 0.2) is 5.82 Å². The van der Waals surface area contributed by atoms with Crippen LogP contribution in [0.3, 0.4) is 0 Å². The average Bonchev–Trinajstić information content (AvgIpc) is 3.21. The molecule has 0 unspecified atom stereocenters. The van der Waals surface area contributed by atoms with Gasteiger partial charge < -0.3 is 19.8 Å². The number of alkyl halides is 3. The molecule has 0 radical (unpaired) electrons. The highest BCUT2D eigenvalue weighted by atomic mass is 19.4. The van der Waals surface area contributed by atoms with E-state index in [2.05, 4.69) is 15.5 Å². The van der Waals surface area contributed by atoms with Gasteiger partial charge >= 0.3 is 12.1 Å². The monoisotopic (exact) mass is 454 g/mol. The fourth-order valence-electron chi connectivity index (χ4n) is 2.30. The molecule has 0 atom stereocenters. The van der Waals surface area contributed by atoms with E-state index in [0.717, 1.165) is 0 Å². The molecule has 0 saturated carbocycles. The van der Waals surface area contributed by atoms with Crippen LogP contribution in [0.1, 0.15) is 16.2 Å². The Morgan fingerprint density at radius 2 is 1.78 bits per heavy atom. The Hall–Kier alpha value is -3.96. The highest BCUT2D eigenvalue weighted by Gasteiger charge is 2.38. The standard InChI is InChI=1S/C18H17FN4O2.C2HF3O2/c1-23(2)18(24)14-8-3-4-9-15(14)20-11-16-21-17(25-22-16)12-6-5-7-13(19)10-12;3-2(4,5)1(6)7/h3-10,20H,11H2,1-2H3;(H,6,7). The number of carbonyl (C=O) groups is 2. The number of benzene rings is 2. The molecule has 0 aliphatic carbocycles. The second kappa shape index (κ2) is 10.4. The third kappa shape index (κ3) is 6.79. The summed E-state index contributed by atoms with van der Waals surface area (Å²) < 4.78 is 50.2. The molecule has 12 heteroatoms. The van der Waals surface area contributed by atoms with E-state index in [0.29, 0.717) is 22.6 Å². The van der Waals surface area contributed by atoms with Gasteiger partial charge in [0, 0.05) is 25.3 Å². The molecule has 3 rings (SSSR count). The maximum absolute atomic E-state index is 13.3. The Morgan fingerprint density at radius 1 is 1.12 bits per heavy atom. The summed E-state index contributed by atoms with van der Waals surface area (Å²) >= 11 is 0. The summed E-state index contributed by atoms with van der Waals surface area (Å²) in [5, 5.41) is 14.1. The Labute approximate surface area is 179 Å². The zero-order valence-corrected chi connectivity index (χ0v) is 16.9. The number of anilines is 1. The Kier molecular flexibility index (Phi) is 7.88. The third-order valence-corrected chi connectivity index (χ3v) is 3.78. The maximum Gasteiger partial charge on any atom is 0.490 e. The molecule has 0 fully saturated rings. The van der Waals surface area contributed by atoms with Gasteiger partial charge in [-0.1, -0.05) is 23.4 Å². The van der Waals surface area contributed by atoms with Crippen LogP contribution < -0.4 is 5.32 Å². The van der Waals surface area contributed by atoms with Crippen LogP contribution in [0.4, 0.5) is 23.2 Å². The summed E-state index contributed by atoms with van der Waals surface area (Å²) in [6.45, 7) is 0.274. The van der Waals surface area contributed by atoms with Gasteiger partial charge in [-0.2, -0.15) is 18.2 Å². The summed E-state index contributed by atoms with van der Waals surface area (Å²) in [6, 6.07) is 13.1. The number of rotatable bonds is 5. The molecule has 0 aliphatic rings. The van der Waals surface area contributed by atoms with E-state index >= 15 is 0 Å². The van der Waals surface area contributed by atoms with Gasteiger partial charge in [-0.25, -0.2) is 9.18 Å². The summed E-state index contributed by atoms with van der Waals surface area (Å²) in [5.74, 6) is -2.57. The number of nitrogens with one attached hydrogen (secondary N) is 1. The first-order chi connectivity index (χ1) is 15.0. The highest BCUT2D eigenvalue weighted by molar-refractivity contribution is 5.99. The van der Waals surface area contributed by atoms with Crippen molar-refractivity contribution in [3.8, 4) is 11.5 Å². The number of hydrogen-bond donors (Lipinski definition) is 2. The normalized spacial score (nSPS) is 10.7. The largest absolute Gasteiger partial charge is 0.490 e. The van der Waals surface area contributed by atoms with Gasteiger partial charge in [-0.15, -0.1) is 0 Å². The van der Waals surface area contributed by atoms with E-state index in [1.807, 2.05) is 12.1 Å². The molecule has 1 amide bonds. The maximum atomic E-state index is 13.3. The molecule has 170 valence electrons. The van der Waals surface area contributed by atoms with Crippen molar-refractivity contribution in [2.24, 2.45) is 0 Å².